The van der Waals surface area contributed by atoms with Crippen LogP contribution in [-0.4, -0.2) is 48.5 Å². The lowest BCUT2D eigenvalue weighted by molar-refractivity contribution is -0.140. The lowest BCUT2D eigenvalue weighted by Crippen LogP contribution is -2.48. The molecular formula is C23H28N2O2. The van der Waals surface area contributed by atoms with Crippen molar-refractivity contribution in [2.75, 3.05) is 26.7 Å². The van der Waals surface area contributed by atoms with Gasteiger partial charge < -0.3 is 9.64 Å². The zero-order valence-corrected chi connectivity index (χ0v) is 16.1. The van der Waals surface area contributed by atoms with E-state index in [1.165, 1.54) is 35.6 Å². The Labute approximate surface area is 161 Å². The first-order chi connectivity index (χ1) is 13.2. The largest absolute Gasteiger partial charge is 0.496 e. The van der Waals surface area contributed by atoms with Gasteiger partial charge in [-0.25, -0.2) is 0 Å². The number of carbonyl (C=O) groups excluding carboxylic acids is 1. The van der Waals surface area contributed by atoms with Gasteiger partial charge in [-0.05, 0) is 48.6 Å². The molecule has 4 aliphatic rings. The van der Waals surface area contributed by atoms with Crippen LogP contribution in [0.25, 0.3) is 10.8 Å². The fraction of sp³-hybridized carbons (Fsp3) is 0.522. The lowest BCUT2D eigenvalue weighted by atomic mass is 9.94. The number of rotatable bonds is 5. The lowest BCUT2D eigenvalue weighted by Gasteiger charge is -2.36. The minimum absolute atomic E-state index is 0.187. The third-order valence-electron chi connectivity index (χ3n) is 6.61. The number of fused-ring (bicyclic) bond motifs is 5. The highest BCUT2D eigenvalue weighted by molar-refractivity contribution is 5.91. The van der Waals surface area contributed by atoms with Gasteiger partial charge in [0, 0.05) is 37.6 Å². The average Bonchev–Trinajstić information content (AvgIpc) is 3.53. The van der Waals surface area contributed by atoms with Crippen molar-refractivity contribution >= 4 is 16.7 Å². The van der Waals surface area contributed by atoms with E-state index < -0.39 is 0 Å². The molecule has 0 aromatic heterocycles. The topological polar surface area (TPSA) is 32.8 Å². The predicted molar refractivity (Wildman–Crippen MR) is 107 cm³/mol. The molecule has 0 spiro atoms. The van der Waals surface area contributed by atoms with Gasteiger partial charge in [0.25, 0.3) is 0 Å². The van der Waals surface area contributed by atoms with Crippen LogP contribution < -0.4 is 4.74 Å². The summed E-state index contributed by atoms with van der Waals surface area (Å²) in [4.78, 5) is 17.7. The molecule has 3 heterocycles. The maximum absolute atomic E-state index is 12.9. The molecule has 3 aliphatic heterocycles. The van der Waals surface area contributed by atoms with E-state index in [0.29, 0.717) is 11.9 Å². The van der Waals surface area contributed by atoms with E-state index in [1.54, 1.807) is 7.11 Å². The van der Waals surface area contributed by atoms with Crippen molar-refractivity contribution in [3.63, 3.8) is 0 Å². The van der Waals surface area contributed by atoms with Crippen molar-refractivity contribution in [2.45, 2.75) is 38.3 Å². The Morgan fingerprint density at radius 1 is 1.00 bits per heavy atom. The van der Waals surface area contributed by atoms with E-state index in [1.807, 2.05) is 0 Å². The summed E-state index contributed by atoms with van der Waals surface area (Å²) < 4.78 is 5.54. The van der Waals surface area contributed by atoms with E-state index in [0.717, 1.165) is 44.3 Å². The van der Waals surface area contributed by atoms with Gasteiger partial charge in [-0.3, -0.25) is 9.69 Å². The van der Waals surface area contributed by atoms with Gasteiger partial charge in [-0.1, -0.05) is 30.3 Å². The van der Waals surface area contributed by atoms with Gasteiger partial charge in [-0.2, -0.15) is 0 Å². The highest BCUT2D eigenvalue weighted by Gasteiger charge is 2.42. The van der Waals surface area contributed by atoms with Crippen molar-refractivity contribution < 1.29 is 9.53 Å². The maximum Gasteiger partial charge on any atom is 0.227 e. The number of benzene rings is 2. The first-order valence-corrected chi connectivity index (χ1v) is 10.3. The second-order valence-corrected chi connectivity index (χ2v) is 8.53. The van der Waals surface area contributed by atoms with Crippen LogP contribution in [0.5, 0.6) is 5.75 Å². The summed E-state index contributed by atoms with van der Waals surface area (Å²) in [6.45, 7) is 3.81. The second kappa shape index (κ2) is 6.83. The minimum Gasteiger partial charge on any atom is -0.496 e. The highest BCUT2D eigenvalue weighted by atomic mass is 16.5. The van der Waals surface area contributed by atoms with E-state index in [9.17, 15) is 4.79 Å². The molecule has 3 saturated heterocycles. The van der Waals surface area contributed by atoms with E-state index >= 15 is 0 Å². The normalized spacial score (nSPS) is 25.8. The molecule has 2 bridgehead atoms. The Balaban J connectivity index is 1.40. The molecule has 0 N–H and O–H groups in total. The molecule has 2 aromatic carbocycles. The Morgan fingerprint density at radius 2 is 1.81 bits per heavy atom. The molecule has 1 saturated carbocycles. The average molecular weight is 364 g/mol. The van der Waals surface area contributed by atoms with Crippen LogP contribution in [0, 0.1) is 11.8 Å². The van der Waals surface area contributed by atoms with Gasteiger partial charge >= 0.3 is 0 Å². The summed E-state index contributed by atoms with van der Waals surface area (Å²) in [7, 11) is 1.73. The summed E-state index contributed by atoms with van der Waals surface area (Å²) in [5.74, 6) is 2.30. The third kappa shape index (κ3) is 3.20. The fourth-order valence-electron chi connectivity index (χ4n) is 4.97. The van der Waals surface area contributed by atoms with E-state index in [4.69, 9.17) is 4.74 Å². The number of piperidine rings is 1. The molecular weight excluding hydrogens is 336 g/mol. The summed E-state index contributed by atoms with van der Waals surface area (Å²) >= 11 is 0. The number of methoxy groups -OCH3 is 1. The number of carbonyl (C=O) groups is 1. The summed E-state index contributed by atoms with van der Waals surface area (Å²) in [5.41, 5.74) is 1.33. The van der Waals surface area contributed by atoms with Crippen LogP contribution in [0.15, 0.2) is 36.4 Å². The molecule has 2 aromatic rings. The van der Waals surface area contributed by atoms with Crippen molar-refractivity contribution in [2.24, 2.45) is 11.8 Å². The maximum atomic E-state index is 12.9. The van der Waals surface area contributed by atoms with Crippen LogP contribution in [-0.2, 0) is 11.3 Å². The zero-order chi connectivity index (χ0) is 18.4. The quantitative estimate of drug-likeness (QED) is 0.811. The summed E-state index contributed by atoms with van der Waals surface area (Å²) in [6, 6.07) is 13.1. The Morgan fingerprint density at radius 3 is 2.59 bits per heavy atom. The number of amides is 1. The molecule has 27 heavy (non-hydrogen) atoms. The second-order valence-electron chi connectivity index (χ2n) is 8.53. The molecule has 0 radical (unpaired) electrons. The van der Waals surface area contributed by atoms with Gasteiger partial charge in [0.15, 0.2) is 0 Å². The first-order valence-electron chi connectivity index (χ1n) is 10.3. The molecule has 4 nitrogen and oxygen atoms in total. The van der Waals surface area contributed by atoms with E-state index in [2.05, 4.69) is 46.2 Å². The number of ether oxygens (including phenoxy) is 1. The fourth-order valence-corrected chi connectivity index (χ4v) is 4.97. The first kappa shape index (κ1) is 17.1. The Hall–Kier alpha value is -2.07. The molecule has 2 atom stereocenters. The van der Waals surface area contributed by atoms with Crippen molar-refractivity contribution in [1.82, 2.24) is 9.80 Å². The van der Waals surface area contributed by atoms with Gasteiger partial charge in [-0.15, -0.1) is 0 Å². The summed E-state index contributed by atoms with van der Waals surface area (Å²) in [6.07, 6.45) is 4.85. The van der Waals surface area contributed by atoms with Crippen LogP contribution in [0.1, 0.15) is 31.2 Å². The standard InChI is InChI=1S/C23H28N2O2/c1-27-22-11-9-17(20-4-2-3-5-21(20)22)13-24-14-18-8-10-19(15-24)25(23(18)26)12-16-6-7-16/h2-5,9,11,16,18-19H,6-8,10,12-15H2,1H3/t18-,19+/m0/s1. The number of hydrogen-bond donors (Lipinski definition) is 0. The SMILES string of the molecule is COc1ccc(CN2C[C@@H]3CC[C@H](C2)N(CC2CC2)C3=O)c2ccccc12. The minimum atomic E-state index is 0.187. The Bertz CT molecular complexity index is 861. The van der Waals surface area contributed by atoms with Crippen molar-refractivity contribution in [3.05, 3.63) is 42.0 Å². The van der Waals surface area contributed by atoms with Crippen molar-refractivity contribution in [1.29, 1.82) is 0 Å². The molecule has 6 rings (SSSR count). The predicted octanol–water partition coefficient (Wildman–Crippen LogP) is 3.68. The number of nitrogens with zero attached hydrogens (tertiary/aromatic N) is 2. The zero-order valence-electron chi connectivity index (χ0n) is 16.1. The molecule has 0 unspecified atom stereocenters. The smallest absolute Gasteiger partial charge is 0.227 e. The molecule has 1 aliphatic carbocycles. The van der Waals surface area contributed by atoms with Gasteiger partial charge in [0.2, 0.25) is 5.91 Å². The van der Waals surface area contributed by atoms with Crippen LogP contribution >= 0.6 is 0 Å². The Kier molecular flexibility index (Phi) is 4.31. The highest BCUT2D eigenvalue weighted by Crippen LogP contribution is 2.36. The summed E-state index contributed by atoms with van der Waals surface area (Å²) in [5, 5.41) is 2.43. The van der Waals surface area contributed by atoms with E-state index in [-0.39, 0.29) is 5.92 Å². The van der Waals surface area contributed by atoms with Gasteiger partial charge in [0.1, 0.15) is 5.75 Å². The van der Waals surface area contributed by atoms with Crippen LogP contribution in [0.3, 0.4) is 0 Å². The third-order valence-corrected chi connectivity index (χ3v) is 6.61. The number of hydrogen-bond acceptors (Lipinski definition) is 3. The molecule has 4 heteroatoms. The van der Waals surface area contributed by atoms with Crippen molar-refractivity contribution in [3.8, 4) is 5.75 Å². The van der Waals surface area contributed by atoms with Crippen LogP contribution in [0.2, 0.25) is 0 Å². The van der Waals surface area contributed by atoms with Crippen LogP contribution in [0.4, 0.5) is 0 Å². The molecule has 4 fully saturated rings. The monoisotopic (exact) mass is 364 g/mol. The molecule has 1 amide bonds. The molecule has 142 valence electrons. The van der Waals surface area contributed by atoms with Gasteiger partial charge in [0.05, 0.1) is 13.0 Å².